The first-order valence-corrected chi connectivity index (χ1v) is 7.29. The van der Waals surface area contributed by atoms with E-state index in [1.165, 1.54) is 11.3 Å². The van der Waals surface area contributed by atoms with Gasteiger partial charge in [0.2, 0.25) is 11.0 Å². The van der Waals surface area contributed by atoms with Gasteiger partial charge in [0.15, 0.2) is 0 Å². The highest BCUT2D eigenvalue weighted by Gasteiger charge is 2.14. The molecule has 8 heteroatoms. The summed E-state index contributed by atoms with van der Waals surface area (Å²) >= 11 is 13.4. The number of carbonyl (C=O) groups is 1. The molecule has 1 amide bonds. The smallest absolute Gasteiger partial charge is 0.244 e. The topological polar surface area (TPSA) is 58.1 Å². The molecule has 0 spiro atoms. The van der Waals surface area contributed by atoms with Crippen LogP contribution in [0.25, 0.3) is 0 Å². The van der Waals surface area contributed by atoms with E-state index in [9.17, 15) is 4.79 Å². The van der Waals surface area contributed by atoms with Crippen molar-refractivity contribution in [3.63, 3.8) is 0 Å². The van der Waals surface area contributed by atoms with Gasteiger partial charge in [0.25, 0.3) is 0 Å². The zero-order valence-corrected chi connectivity index (χ0v) is 13.2. The van der Waals surface area contributed by atoms with Crippen molar-refractivity contribution in [2.24, 2.45) is 0 Å². The van der Waals surface area contributed by atoms with Crippen molar-refractivity contribution in [3.05, 3.63) is 33.3 Å². The van der Waals surface area contributed by atoms with Gasteiger partial charge in [0.1, 0.15) is 5.01 Å². The van der Waals surface area contributed by atoms with Crippen LogP contribution in [0, 0.1) is 6.92 Å². The summed E-state index contributed by atoms with van der Waals surface area (Å²) in [5.74, 6) is -0.227. The second-order valence-electron chi connectivity index (χ2n) is 4.10. The van der Waals surface area contributed by atoms with Crippen molar-refractivity contribution < 1.29 is 4.79 Å². The second-order valence-corrected chi connectivity index (χ2v) is 6.08. The van der Waals surface area contributed by atoms with E-state index in [1.807, 2.05) is 6.92 Å². The van der Waals surface area contributed by atoms with Gasteiger partial charge in [0.05, 0.1) is 22.3 Å². The number of carbonyl (C=O) groups excluding carboxylic acids is 1. The van der Waals surface area contributed by atoms with Gasteiger partial charge in [0, 0.05) is 7.05 Å². The Morgan fingerprint density at radius 2 is 2.00 bits per heavy atom. The molecule has 0 atom stereocenters. The summed E-state index contributed by atoms with van der Waals surface area (Å²) in [5.41, 5.74) is 0.419. The number of amides is 1. The number of benzene rings is 1. The van der Waals surface area contributed by atoms with Gasteiger partial charge in [-0.25, -0.2) is 0 Å². The first-order chi connectivity index (χ1) is 9.47. The standard InChI is InChI=1S/C12H12Cl2N4OS/c1-7-16-17-12(20-7)18(2)6-10(19)15-11-8(13)4-3-5-9(11)14/h3-5H,6H2,1-2H3,(H,15,19). The monoisotopic (exact) mass is 330 g/mol. The molecule has 0 saturated heterocycles. The molecular weight excluding hydrogens is 319 g/mol. The van der Waals surface area contributed by atoms with E-state index in [0.29, 0.717) is 20.9 Å². The van der Waals surface area contributed by atoms with E-state index in [1.54, 1.807) is 30.1 Å². The van der Waals surface area contributed by atoms with Crippen LogP contribution < -0.4 is 10.2 Å². The Balaban J connectivity index is 2.02. The van der Waals surface area contributed by atoms with Gasteiger partial charge in [-0.1, -0.05) is 40.6 Å². The predicted octanol–water partition coefficient (Wildman–Crippen LogP) is 3.23. The first kappa shape index (κ1) is 15.0. The zero-order valence-electron chi connectivity index (χ0n) is 10.9. The molecule has 0 aliphatic carbocycles. The Morgan fingerprint density at radius 3 is 2.55 bits per heavy atom. The summed E-state index contributed by atoms with van der Waals surface area (Å²) in [5, 5.41) is 12.9. The number of nitrogens with zero attached hydrogens (tertiary/aromatic N) is 3. The van der Waals surface area contributed by atoms with Crippen molar-refractivity contribution >= 4 is 51.3 Å². The third kappa shape index (κ3) is 3.59. The Hall–Kier alpha value is -1.37. The lowest BCUT2D eigenvalue weighted by Crippen LogP contribution is -2.30. The second kappa shape index (κ2) is 6.39. The normalized spacial score (nSPS) is 10.4. The molecule has 0 aliphatic heterocycles. The molecule has 1 N–H and O–H groups in total. The minimum Gasteiger partial charge on any atom is -0.340 e. The predicted molar refractivity (Wildman–Crippen MR) is 83.0 cm³/mol. The van der Waals surface area contributed by atoms with Gasteiger partial charge >= 0.3 is 0 Å². The summed E-state index contributed by atoms with van der Waals surface area (Å²) in [7, 11) is 1.77. The molecule has 0 bridgehead atoms. The maximum absolute atomic E-state index is 12.0. The lowest BCUT2D eigenvalue weighted by molar-refractivity contribution is -0.114. The van der Waals surface area contributed by atoms with Gasteiger partial charge < -0.3 is 10.2 Å². The fourth-order valence-electron chi connectivity index (χ4n) is 1.52. The van der Waals surface area contributed by atoms with E-state index in [2.05, 4.69) is 15.5 Å². The van der Waals surface area contributed by atoms with Crippen LogP contribution in [-0.4, -0.2) is 29.7 Å². The molecule has 1 aromatic heterocycles. The van der Waals surface area contributed by atoms with Crippen molar-refractivity contribution in [2.75, 3.05) is 23.8 Å². The van der Waals surface area contributed by atoms with Crippen LogP contribution >= 0.6 is 34.5 Å². The number of rotatable bonds is 4. The largest absolute Gasteiger partial charge is 0.340 e. The third-order valence-electron chi connectivity index (χ3n) is 2.45. The highest BCUT2D eigenvalue weighted by molar-refractivity contribution is 7.15. The lowest BCUT2D eigenvalue weighted by Gasteiger charge is -2.15. The minimum atomic E-state index is -0.227. The summed E-state index contributed by atoms with van der Waals surface area (Å²) in [6, 6.07) is 5.05. The Morgan fingerprint density at radius 1 is 1.35 bits per heavy atom. The van der Waals surface area contributed by atoms with Crippen LogP contribution in [-0.2, 0) is 4.79 Å². The number of aryl methyl sites for hydroxylation is 1. The summed E-state index contributed by atoms with van der Waals surface area (Å²) in [6.45, 7) is 1.99. The molecule has 0 saturated carbocycles. The average Bonchev–Trinajstić information content (AvgIpc) is 2.81. The average molecular weight is 331 g/mol. The van der Waals surface area contributed by atoms with Crippen LogP contribution in [0.1, 0.15) is 5.01 Å². The van der Waals surface area contributed by atoms with Crippen molar-refractivity contribution in [1.82, 2.24) is 10.2 Å². The van der Waals surface area contributed by atoms with Gasteiger partial charge in [-0.3, -0.25) is 4.79 Å². The number of hydrogen-bond acceptors (Lipinski definition) is 5. The van der Waals surface area contributed by atoms with E-state index >= 15 is 0 Å². The summed E-state index contributed by atoms with van der Waals surface area (Å²) < 4.78 is 0. The zero-order chi connectivity index (χ0) is 14.7. The molecule has 5 nitrogen and oxygen atoms in total. The van der Waals surface area contributed by atoms with Gasteiger partial charge in [-0.2, -0.15) is 0 Å². The first-order valence-electron chi connectivity index (χ1n) is 5.72. The van der Waals surface area contributed by atoms with Gasteiger partial charge in [-0.15, -0.1) is 10.2 Å². The molecule has 2 rings (SSSR count). The van der Waals surface area contributed by atoms with Crippen molar-refractivity contribution in [2.45, 2.75) is 6.92 Å². The molecule has 1 aromatic carbocycles. The molecular formula is C12H12Cl2N4OS. The number of anilines is 2. The van der Waals surface area contributed by atoms with E-state index in [-0.39, 0.29) is 12.5 Å². The molecule has 0 radical (unpaired) electrons. The van der Waals surface area contributed by atoms with Crippen molar-refractivity contribution in [1.29, 1.82) is 0 Å². The minimum absolute atomic E-state index is 0.135. The quantitative estimate of drug-likeness (QED) is 0.934. The lowest BCUT2D eigenvalue weighted by atomic mass is 10.3. The Bertz CT molecular complexity index is 611. The van der Waals surface area contributed by atoms with Crippen LogP contribution in [0.15, 0.2) is 18.2 Å². The number of aromatic nitrogens is 2. The SMILES string of the molecule is Cc1nnc(N(C)CC(=O)Nc2c(Cl)cccc2Cl)s1. The molecule has 106 valence electrons. The number of halogens is 2. The molecule has 0 aliphatic rings. The molecule has 1 heterocycles. The molecule has 0 fully saturated rings. The Labute approximate surface area is 130 Å². The Kier molecular flexibility index (Phi) is 4.80. The third-order valence-corrected chi connectivity index (χ3v) is 4.03. The summed E-state index contributed by atoms with van der Waals surface area (Å²) in [6.07, 6.45) is 0. The molecule has 20 heavy (non-hydrogen) atoms. The summed E-state index contributed by atoms with van der Waals surface area (Å²) in [4.78, 5) is 13.7. The number of nitrogens with one attached hydrogen (secondary N) is 1. The van der Waals surface area contributed by atoms with Gasteiger partial charge in [-0.05, 0) is 19.1 Å². The number of likely N-dealkylation sites (N-methyl/N-ethyl adjacent to an activating group) is 1. The molecule has 2 aromatic rings. The van der Waals surface area contributed by atoms with Crippen LogP contribution in [0.2, 0.25) is 10.0 Å². The molecule has 0 unspecified atom stereocenters. The maximum Gasteiger partial charge on any atom is 0.244 e. The van der Waals surface area contributed by atoms with Crippen LogP contribution in [0.4, 0.5) is 10.8 Å². The number of para-hydroxylation sites is 1. The highest BCUT2D eigenvalue weighted by Crippen LogP contribution is 2.29. The fraction of sp³-hybridized carbons (Fsp3) is 0.250. The van der Waals surface area contributed by atoms with Crippen molar-refractivity contribution in [3.8, 4) is 0 Å². The van der Waals surface area contributed by atoms with E-state index in [0.717, 1.165) is 5.01 Å². The van der Waals surface area contributed by atoms with E-state index in [4.69, 9.17) is 23.2 Å². The van der Waals surface area contributed by atoms with E-state index < -0.39 is 0 Å². The maximum atomic E-state index is 12.0. The van der Waals surface area contributed by atoms with Crippen LogP contribution in [0.5, 0.6) is 0 Å². The fourth-order valence-corrected chi connectivity index (χ4v) is 2.66. The van der Waals surface area contributed by atoms with Crippen LogP contribution in [0.3, 0.4) is 0 Å². The number of hydrogen-bond donors (Lipinski definition) is 1. The highest BCUT2D eigenvalue weighted by atomic mass is 35.5.